The standard InChI is InChI=1S/C29H36ClFN2O5/c1-28(2,3)38-27(36)32-17-14-26(35)37-29(22-8-10-23(30)11-9-22)15-19-33(20-16-29)18-4-5-25(34)21-6-12-24(31)13-7-21/h6-13H,4-5,14-20H2,1-3H3,(H,32,36). The molecule has 0 atom stereocenters. The molecule has 1 N–H and O–H groups in total. The number of nitrogens with zero attached hydrogens (tertiary/aromatic N) is 1. The molecule has 1 amide bonds. The van der Waals surface area contributed by atoms with Crippen LogP contribution in [0.15, 0.2) is 48.5 Å². The number of esters is 1. The molecule has 0 saturated carbocycles. The molecule has 0 aliphatic carbocycles. The van der Waals surface area contributed by atoms with Gasteiger partial charge in [0.05, 0.1) is 6.42 Å². The second-order valence-corrected chi connectivity index (χ2v) is 11.0. The summed E-state index contributed by atoms with van der Waals surface area (Å²) < 4.78 is 24.4. The van der Waals surface area contributed by atoms with Crippen LogP contribution in [0.25, 0.3) is 0 Å². The van der Waals surface area contributed by atoms with E-state index in [9.17, 15) is 18.8 Å². The zero-order valence-electron chi connectivity index (χ0n) is 22.2. The molecule has 1 heterocycles. The zero-order chi connectivity index (χ0) is 27.8. The lowest BCUT2D eigenvalue weighted by Crippen LogP contribution is -2.45. The van der Waals surface area contributed by atoms with Crippen molar-refractivity contribution in [1.82, 2.24) is 10.2 Å². The predicted octanol–water partition coefficient (Wildman–Crippen LogP) is 5.89. The number of carbonyl (C=O) groups is 3. The number of amides is 1. The van der Waals surface area contributed by atoms with Gasteiger partial charge in [-0.1, -0.05) is 23.7 Å². The van der Waals surface area contributed by atoms with Crippen LogP contribution in [0, 0.1) is 5.82 Å². The summed E-state index contributed by atoms with van der Waals surface area (Å²) in [6.07, 6.45) is 1.68. The number of hydrogen-bond donors (Lipinski definition) is 1. The highest BCUT2D eigenvalue weighted by Gasteiger charge is 2.39. The topological polar surface area (TPSA) is 84.9 Å². The summed E-state index contributed by atoms with van der Waals surface area (Å²) in [5.74, 6) is -0.778. The average Bonchev–Trinajstić information content (AvgIpc) is 2.85. The van der Waals surface area contributed by atoms with Gasteiger partial charge in [0.1, 0.15) is 17.0 Å². The van der Waals surface area contributed by atoms with Crippen LogP contribution in [0.4, 0.5) is 9.18 Å². The molecule has 206 valence electrons. The highest BCUT2D eigenvalue weighted by molar-refractivity contribution is 6.30. The van der Waals surface area contributed by atoms with Gasteiger partial charge in [-0.2, -0.15) is 0 Å². The van der Waals surface area contributed by atoms with E-state index in [1.54, 1.807) is 32.9 Å². The summed E-state index contributed by atoms with van der Waals surface area (Å²) in [5.41, 5.74) is -0.0270. The number of rotatable bonds is 10. The van der Waals surface area contributed by atoms with E-state index in [1.807, 2.05) is 12.1 Å². The lowest BCUT2D eigenvalue weighted by Gasteiger charge is -2.41. The van der Waals surface area contributed by atoms with Crippen LogP contribution >= 0.6 is 11.6 Å². The smallest absolute Gasteiger partial charge is 0.407 e. The Kier molecular flexibility index (Phi) is 10.3. The molecule has 2 aromatic carbocycles. The van der Waals surface area contributed by atoms with Crippen LogP contribution < -0.4 is 5.32 Å². The van der Waals surface area contributed by atoms with Crippen molar-refractivity contribution in [2.24, 2.45) is 0 Å². The van der Waals surface area contributed by atoms with Crippen LogP contribution in [-0.2, 0) is 19.9 Å². The maximum Gasteiger partial charge on any atom is 0.407 e. The predicted molar refractivity (Wildman–Crippen MR) is 144 cm³/mol. The first-order valence-electron chi connectivity index (χ1n) is 12.9. The van der Waals surface area contributed by atoms with E-state index in [4.69, 9.17) is 21.1 Å². The number of benzene rings is 2. The zero-order valence-corrected chi connectivity index (χ0v) is 23.0. The Bertz CT molecular complexity index is 1090. The molecule has 0 radical (unpaired) electrons. The van der Waals surface area contributed by atoms with Gasteiger partial charge in [0, 0.05) is 49.5 Å². The van der Waals surface area contributed by atoms with E-state index in [-0.39, 0.29) is 24.6 Å². The Labute approximate surface area is 228 Å². The largest absolute Gasteiger partial charge is 0.454 e. The number of Topliss-reactive ketones (excluding diaryl/α,β-unsaturated/α-hetero) is 1. The van der Waals surface area contributed by atoms with Gasteiger partial charge >= 0.3 is 12.1 Å². The minimum Gasteiger partial charge on any atom is -0.454 e. The van der Waals surface area contributed by atoms with Crippen molar-refractivity contribution >= 4 is 29.4 Å². The molecule has 0 bridgehead atoms. The number of ether oxygens (including phenoxy) is 2. The maximum atomic E-state index is 13.1. The summed E-state index contributed by atoms with van der Waals surface area (Å²) in [4.78, 5) is 39.3. The Morgan fingerprint density at radius 3 is 2.24 bits per heavy atom. The van der Waals surface area contributed by atoms with Gasteiger partial charge in [0.2, 0.25) is 0 Å². The van der Waals surface area contributed by atoms with Crippen molar-refractivity contribution in [3.63, 3.8) is 0 Å². The normalized spacial score (nSPS) is 15.5. The molecule has 0 unspecified atom stereocenters. The Morgan fingerprint density at radius 1 is 1.00 bits per heavy atom. The third-order valence-electron chi connectivity index (χ3n) is 6.38. The first-order chi connectivity index (χ1) is 18.0. The van der Waals surface area contributed by atoms with Crippen LogP contribution in [0.5, 0.6) is 0 Å². The van der Waals surface area contributed by atoms with Gasteiger partial charge in [-0.25, -0.2) is 9.18 Å². The fourth-order valence-corrected chi connectivity index (χ4v) is 4.56. The van der Waals surface area contributed by atoms with Crippen LogP contribution in [0.3, 0.4) is 0 Å². The van der Waals surface area contributed by atoms with E-state index in [2.05, 4.69) is 10.2 Å². The molecule has 1 aliphatic rings. The SMILES string of the molecule is CC(C)(C)OC(=O)NCCC(=O)OC1(c2ccc(Cl)cc2)CCN(CCCC(=O)c2ccc(F)cc2)CC1. The van der Waals surface area contributed by atoms with E-state index in [0.29, 0.717) is 49.4 Å². The second-order valence-electron chi connectivity index (χ2n) is 10.5. The first kappa shape index (κ1) is 29.6. The fourth-order valence-electron chi connectivity index (χ4n) is 4.43. The van der Waals surface area contributed by atoms with Gasteiger partial charge in [-0.3, -0.25) is 9.59 Å². The van der Waals surface area contributed by atoms with Crippen LogP contribution in [-0.4, -0.2) is 54.5 Å². The third-order valence-corrected chi connectivity index (χ3v) is 6.64. The summed E-state index contributed by atoms with van der Waals surface area (Å²) in [5, 5.41) is 3.18. The number of nitrogens with one attached hydrogen (secondary N) is 1. The van der Waals surface area contributed by atoms with E-state index in [0.717, 1.165) is 12.1 Å². The monoisotopic (exact) mass is 546 g/mol. The Balaban J connectivity index is 1.53. The Hall–Kier alpha value is -2.97. The van der Waals surface area contributed by atoms with Crippen LogP contribution in [0.1, 0.15) is 68.8 Å². The molecular weight excluding hydrogens is 511 g/mol. The molecule has 1 aliphatic heterocycles. The van der Waals surface area contributed by atoms with E-state index in [1.165, 1.54) is 24.3 Å². The van der Waals surface area contributed by atoms with Crippen molar-refractivity contribution in [3.05, 3.63) is 70.5 Å². The van der Waals surface area contributed by atoms with Crippen molar-refractivity contribution in [3.8, 4) is 0 Å². The minimum absolute atomic E-state index is 0.00792. The highest BCUT2D eigenvalue weighted by Crippen LogP contribution is 2.38. The highest BCUT2D eigenvalue weighted by atomic mass is 35.5. The minimum atomic E-state index is -0.798. The van der Waals surface area contributed by atoms with Gasteiger partial charge in [0.15, 0.2) is 5.78 Å². The van der Waals surface area contributed by atoms with Gasteiger partial charge in [0.25, 0.3) is 0 Å². The molecule has 38 heavy (non-hydrogen) atoms. The summed E-state index contributed by atoms with van der Waals surface area (Å²) >= 11 is 6.09. The molecule has 2 aromatic rings. The molecule has 0 aromatic heterocycles. The average molecular weight is 547 g/mol. The number of ketones is 1. The summed E-state index contributed by atoms with van der Waals surface area (Å²) in [6.45, 7) is 7.54. The molecule has 0 spiro atoms. The van der Waals surface area contributed by atoms with Crippen molar-refractivity contribution in [2.75, 3.05) is 26.2 Å². The number of halogens is 2. The summed E-state index contributed by atoms with van der Waals surface area (Å²) in [7, 11) is 0. The number of piperidine rings is 1. The Morgan fingerprint density at radius 2 is 1.63 bits per heavy atom. The maximum absolute atomic E-state index is 13.1. The quantitative estimate of drug-likeness (QED) is 0.295. The van der Waals surface area contributed by atoms with E-state index >= 15 is 0 Å². The lowest BCUT2D eigenvalue weighted by atomic mass is 9.84. The molecule has 1 saturated heterocycles. The molecule has 7 nitrogen and oxygen atoms in total. The number of likely N-dealkylation sites (tertiary alicyclic amines) is 1. The van der Waals surface area contributed by atoms with Gasteiger partial charge in [-0.15, -0.1) is 0 Å². The van der Waals surface area contributed by atoms with Gasteiger partial charge in [-0.05, 0) is 75.7 Å². The number of alkyl carbamates (subject to hydrolysis) is 1. The number of hydrogen-bond acceptors (Lipinski definition) is 6. The van der Waals surface area contributed by atoms with Crippen molar-refractivity contribution < 1.29 is 28.2 Å². The van der Waals surface area contributed by atoms with Crippen molar-refractivity contribution in [1.29, 1.82) is 0 Å². The second kappa shape index (κ2) is 13.2. The third kappa shape index (κ3) is 9.10. The van der Waals surface area contributed by atoms with Crippen LogP contribution in [0.2, 0.25) is 5.02 Å². The molecule has 9 heteroatoms. The van der Waals surface area contributed by atoms with Gasteiger partial charge < -0.3 is 19.7 Å². The van der Waals surface area contributed by atoms with Crippen molar-refractivity contribution in [2.45, 2.75) is 64.1 Å². The molecule has 1 fully saturated rings. The molecular formula is C29H36ClFN2O5. The fraction of sp³-hybridized carbons (Fsp3) is 0.483. The lowest BCUT2D eigenvalue weighted by molar-refractivity contribution is -0.166. The molecule has 3 rings (SSSR count). The summed E-state index contributed by atoms with van der Waals surface area (Å²) in [6, 6.07) is 12.9. The van der Waals surface area contributed by atoms with E-state index < -0.39 is 23.3 Å². The number of carbonyl (C=O) groups excluding carboxylic acids is 3. The first-order valence-corrected chi connectivity index (χ1v) is 13.3.